The number of carbonyl (C=O) groups excluding carboxylic acids is 5. The molecular formula is C38H30Cl3N3O16. The molecule has 60 heavy (non-hydrogen) atoms. The number of alkyl halides is 3. The first kappa shape index (κ1) is 44.6. The highest BCUT2D eigenvalue weighted by Crippen LogP contribution is 2.39. The van der Waals surface area contributed by atoms with E-state index in [0.29, 0.717) is 12.1 Å². The number of ether oxygens (including phenoxy) is 7. The number of hydrogen-bond donors (Lipinski definition) is 1. The van der Waals surface area contributed by atoms with Gasteiger partial charge < -0.3 is 38.5 Å². The van der Waals surface area contributed by atoms with Crippen molar-refractivity contribution in [1.29, 1.82) is 0 Å². The van der Waals surface area contributed by atoms with Crippen molar-refractivity contribution >= 4 is 76.1 Å². The maximum atomic E-state index is 13.8. The van der Waals surface area contributed by atoms with Crippen LogP contribution >= 0.6 is 34.8 Å². The van der Waals surface area contributed by atoms with Crippen molar-refractivity contribution in [1.82, 2.24) is 5.32 Å². The van der Waals surface area contributed by atoms with Crippen molar-refractivity contribution in [2.75, 3.05) is 20.3 Å². The number of esters is 4. The van der Waals surface area contributed by atoms with Gasteiger partial charge in [-0.2, -0.15) is 0 Å². The quantitative estimate of drug-likeness (QED) is 0.0489. The number of alkyl carbamates (subject to hydrolysis) is 1. The zero-order valence-electron chi connectivity index (χ0n) is 30.7. The number of amides is 1. The molecule has 0 bridgehead atoms. The number of nitro groups is 2. The Bertz CT molecular complexity index is 2230. The predicted octanol–water partition coefficient (Wildman–Crippen LogP) is 6.17. The first-order valence-electron chi connectivity index (χ1n) is 17.2. The summed E-state index contributed by atoms with van der Waals surface area (Å²) in [4.78, 5) is 89.1. The molecule has 0 unspecified atom stereocenters. The van der Waals surface area contributed by atoms with Crippen LogP contribution in [0.3, 0.4) is 0 Å². The molecule has 4 aromatic carbocycles. The molecule has 314 valence electrons. The molecule has 0 spiro atoms. The standard InChI is InChI=1S/C38H30Cl3N3O16/c1-54-35(48)25-17-24(43(50)51)18-26(44(52)53)29(25)60-36-28(42-37(49)56-20-38(39,40)41)31(59-34(47)23-15-9-4-10-16-23)30(58-33(46)22-13-7-3-8-14-22)27(57-36)19-55-32(45)21-11-5-2-6-12-21/h2-18,27-28,30-31,36H,19-20H2,1H3,(H,42,49)/t27-,28-,30-,31-,36-/m1/s1. The predicted molar refractivity (Wildman–Crippen MR) is 207 cm³/mol. The zero-order valence-corrected chi connectivity index (χ0v) is 32.9. The van der Waals surface area contributed by atoms with Gasteiger partial charge in [-0.05, 0) is 36.4 Å². The molecule has 22 heteroatoms. The van der Waals surface area contributed by atoms with Gasteiger partial charge in [0.05, 0.1) is 39.7 Å². The van der Waals surface area contributed by atoms with Crippen LogP contribution in [0.25, 0.3) is 0 Å². The molecule has 0 aliphatic carbocycles. The van der Waals surface area contributed by atoms with Crippen molar-refractivity contribution in [3.05, 3.63) is 146 Å². The molecule has 1 fully saturated rings. The largest absolute Gasteiger partial charge is 0.465 e. The van der Waals surface area contributed by atoms with E-state index in [9.17, 15) is 44.2 Å². The van der Waals surface area contributed by atoms with Crippen LogP contribution in [0.4, 0.5) is 16.2 Å². The molecular weight excluding hydrogens is 861 g/mol. The van der Waals surface area contributed by atoms with Crippen molar-refractivity contribution in [2.45, 2.75) is 34.4 Å². The van der Waals surface area contributed by atoms with Crippen LogP contribution in [0.15, 0.2) is 103 Å². The van der Waals surface area contributed by atoms with Gasteiger partial charge in [0.25, 0.3) is 5.69 Å². The summed E-state index contributed by atoms with van der Waals surface area (Å²) in [6.45, 7) is -1.67. The molecule has 1 amide bonds. The summed E-state index contributed by atoms with van der Waals surface area (Å²) in [7, 11) is 0.876. The van der Waals surface area contributed by atoms with E-state index in [2.05, 4.69) is 5.32 Å². The van der Waals surface area contributed by atoms with Crippen molar-refractivity contribution in [2.24, 2.45) is 0 Å². The Hall–Kier alpha value is -6.54. The van der Waals surface area contributed by atoms with Gasteiger partial charge in [0, 0.05) is 6.07 Å². The van der Waals surface area contributed by atoms with Crippen molar-refractivity contribution < 1.29 is 67.0 Å². The Morgan fingerprint density at radius 3 is 1.72 bits per heavy atom. The first-order valence-corrected chi connectivity index (χ1v) is 18.3. The summed E-state index contributed by atoms with van der Waals surface area (Å²) < 4.78 is 37.1. The summed E-state index contributed by atoms with van der Waals surface area (Å²) in [6.07, 6.45) is -9.09. The molecule has 0 radical (unpaired) electrons. The zero-order chi connectivity index (χ0) is 43.6. The fraction of sp³-hybridized carbons (Fsp3) is 0.237. The van der Waals surface area contributed by atoms with Crippen LogP contribution in [-0.4, -0.2) is 94.6 Å². The lowest BCUT2D eigenvalue weighted by molar-refractivity contribution is -0.395. The fourth-order valence-corrected chi connectivity index (χ4v) is 5.75. The summed E-state index contributed by atoms with van der Waals surface area (Å²) in [5.41, 5.74) is -2.93. The second kappa shape index (κ2) is 19.9. The minimum atomic E-state index is -2.17. The highest BCUT2D eigenvalue weighted by molar-refractivity contribution is 6.67. The highest BCUT2D eigenvalue weighted by atomic mass is 35.6. The third-order valence-corrected chi connectivity index (χ3v) is 8.62. The Morgan fingerprint density at radius 2 is 1.23 bits per heavy atom. The molecule has 5 rings (SSSR count). The Labute approximate surface area is 353 Å². The third kappa shape index (κ3) is 11.6. The van der Waals surface area contributed by atoms with Gasteiger partial charge in [-0.25, -0.2) is 24.0 Å². The van der Waals surface area contributed by atoms with E-state index < -0.39 is 110 Å². The molecule has 0 saturated carbocycles. The van der Waals surface area contributed by atoms with E-state index in [4.69, 9.17) is 68.0 Å². The third-order valence-electron chi connectivity index (χ3n) is 8.29. The number of benzene rings is 4. The lowest BCUT2D eigenvalue weighted by Crippen LogP contribution is -2.67. The highest BCUT2D eigenvalue weighted by Gasteiger charge is 2.54. The normalized spacial score (nSPS) is 18.5. The number of nitrogens with one attached hydrogen (secondary N) is 1. The average molecular weight is 891 g/mol. The van der Waals surface area contributed by atoms with Crippen LogP contribution in [0.2, 0.25) is 0 Å². The van der Waals surface area contributed by atoms with Gasteiger partial charge >= 0.3 is 35.7 Å². The topological polar surface area (TPSA) is 248 Å². The van der Waals surface area contributed by atoms with E-state index in [1.54, 1.807) is 30.3 Å². The van der Waals surface area contributed by atoms with Gasteiger partial charge in [-0.1, -0.05) is 89.4 Å². The summed E-state index contributed by atoms with van der Waals surface area (Å²) in [6, 6.07) is 21.5. The minimum absolute atomic E-state index is 0.0140. The van der Waals surface area contributed by atoms with E-state index in [0.717, 1.165) is 7.11 Å². The molecule has 1 heterocycles. The van der Waals surface area contributed by atoms with E-state index in [1.807, 2.05) is 0 Å². The number of methoxy groups -OCH3 is 1. The molecule has 1 N–H and O–H groups in total. The van der Waals surface area contributed by atoms with Crippen molar-refractivity contribution in [3.63, 3.8) is 0 Å². The Morgan fingerprint density at radius 1 is 0.717 bits per heavy atom. The number of halogens is 3. The maximum Gasteiger partial charge on any atom is 0.407 e. The SMILES string of the molecule is COC(=O)c1cc([N+](=O)[O-])cc([N+](=O)[O-])c1O[C@H]1O[C@H](COC(=O)c2ccccc2)[C@@H](OC(=O)c2ccccc2)[C@H](OC(=O)c2ccccc2)[C@H]1NC(=O)OCC(Cl)(Cl)Cl. The summed E-state index contributed by atoms with van der Waals surface area (Å²) in [5.74, 6) is -5.36. The minimum Gasteiger partial charge on any atom is -0.465 e. The molecule has 1 saturated heterocycles. The molecule has 1 aliphatic heterocycles. The number of rotatable bonds is 14. The van der Waals surface area contributed by atoms with Crippen LogP contribution in [0, 0.1) is 20.2 Å². The van der Waals surface area contributed by atoms with E-state index >= 15 is 0 Å². The van der Waals surface area contributed by atoms with E-state index in [1.165, 1.54) is 60.7 Å². The monoisotopic (exact) mass is 889 g/mol. The van der Waals surface area contributed by atoms with Crippen LogP contribution in [-0.2, 0) is 28.4 Å². The first-order chi connectivity index (χ1) is 28.6. The van der Waals surface area contributed by atoms with Gasteiger partial charge in [-0.3, -0.25) is 20.2 Å². The lowest BCUT2D eigenvalue weighted by Gasteiger charge is -2.44. The average Bonchev–Trinajstić information content (AvgIpc) is 3.24. The fourth-order valence-electron chi connectivity index (χ4n) is 5.59. The number of carbonyl (C=O) groups is 5. The van der Waals surface area contributed by atoms with Gasteiger partial charge in [0.2, 0.25) is 15.8 Å². The van der Waals surface area contributed by atoms with Crippen LogP contribution < -0.4 is 10.1 Å². The number of nitrogens with zero attached hydrogens (tertiary/aromatic N) is 2. The lowest BCUT2D eigenvalue weighted by atomic mass is 9.95. The molecule has 19 nitrogen and oxygen atoms in total. The molecule has 0 aromatic heterocycles. The van der Waals surface area contributed by atoms with E-state index in [-0.39, 0.29) is 16.7 Å². The summed E-state index contributed by atoms with van der Waals surface area (Å²) >= 11 is 17.3. The van der Waals surface area contributed by atoms with Gasteiger partial charge in [-0.15, -0.1) is 0 Å². The van der Waals surface area contributed by atoms with Gasteiger partial charge in [0.15, 0.2) is 12.2 Å². The number of nitro benzene ring substituents is 2. The van der Waals surface area contributed by atoms with Crippen molar-refractivity contribution in [3.8, 4) is 5.75 Å². The maximum absolute atomic E-state index is 13.8. The molecule has 5 atom stereocenters. The second-order valence-corrected chi connectivity index (χ2v) is 14.8. The smallest absolute Gasteiger partial charge is 0.407 e. The number of non-ortho nitro benzene ring substituents is 1. The van der Waals surface area contributed by atoms with Crippen LogP contribution in [0.5, 0.6) is 5.75 Å². The van der Waals surface area contributed by atoms with Crippen LogP contribution in [0.1, 0.15) is 41.4 Å². The Kier molecular flexibility index (Phi) is 14.8. The number of hydrogen-bond acceptors (Lipinski definition) is 16. The van der Waals surface area contributed by atoms with Gasteiger partial charge in [0.1, 0.15) is 30.9 Å². The summed E-state index contributed by atoms with van der Waals surface area (Å²) in [5, 5.41) is 26.4. The Balaban J connectivity index is 1.69. The second-order valence-electron chi connectivity index (χ2n) is 12.3. The molecule has 4 aromatic rings. The molecule has 1 aliphatic rings.